The highest BCUT2D eigenvalue weighted by molar-refractivity contribution is 6.10. The average Bonchev–Trinajstić information content (AvgIpc) is 3.52. The number of methoxy groups -OCH3 is 1. The van der Waals surface area contributed by atoms with Crippen molar-refractivity contribution in [3.8, 4) is 34.1 Å². The lowest BCUT2D eigenvalue weighted by atomic mass is 9.71. The SMILES string of the molecule is CCC1(CC)c2ccccc2-c2c1c1c(c3cc(OC)c(N4CCOCC4)cc23)OC(c2ccccc2)(c2ccc(Oc3ccccc3)cc2)C=C1. The highest BCUT2D eigenvalue weighted by Gasteiger charge is 2.47. The van der Waals surface area contributed by atoms with Gasteiger partial charge in [0.2, 0.25) is 0 Å². The van der Waals surface area contributed by atoms with E-state index in [1.54, 1.807) is 7.11 Å². The molecular weight excluding hydrogens is 643 g/mol. The lowest BCUT2D eigenvalue weighted by Gasteiger charge is -2.39. The van der Waals surface area contributed by atoms with Crippen LogP contribution in [0, 0.1) is 0 Å². The van der Waals surface area contributed by atoms with Gasteiger partial charge in [0, 0.05) is 40.6 Å². The predicted octanol–water partition coefficient (Wildman–Crippen LogP) is 10.9. The number of fused-ring (bicyclic) bond motifs is 8. The zero-order valence-corrected chi connectivity index (χ0v) is 30.0. The monoisotopic (exact) mass is 685 g/mol. The van der Waals surface area contributed by atoms with Gasteiger partial charge in [-0.2, -0.15) is 0 Å². The first-order valence-electron chi connectivity index (χ1n) is 18.5. The molecule has 0 aromatic heterocycles. The molecule has 5 nitrogen and oxygen atoms in total. The standard InChI is InChI=1S/C47H43NO4/c1-4-46(5-2)40-19-13-12-18-36(40)43-38-30-41(48-26-28-50-29-27-48)42(49-3)31-39(38)45-37(44(43)46)24-25-47(52-45,32-14-8-6-9-15-32)33-20-22-35(23-21-33)51-34-16-10-7-11-17-34/h6-25,30-31H,4-5,26-29H2,1-3H3. The molecule has 2 aliphatic heterocycles. The van der Waals surface area contributed by atoms with E-state index in [0.29, 0.717) is 13.2 Å². The van der Waals surface area contributed by atoms with Crippen LogP contribution in [0.1, 0.15) is 54.5 Å². The number of benzene rings is 6. The van der Waals surface area contributed by atoms with Crippen molar-refractivity contribution in [3.05, 3.63) is 155 Å². The fraction of sp³-hybridized carbons (Fsp3) is 0.234. The average molecular weight is 686 g/mol. The summed E-state index contributed by atoms with van der Waals surface area (Å²) < 4.78 is 25.8. The number of nitrogens with zero attached hydrogens (tertiary/aromatic N) is 1. The predicted molar refractivity (Wildman–Crippen MR) is 210 cm³/mol. The Balaban J connectivity index is 1.30. The summed E-state index contributed by atoms with van der Waals surface area (Å²) in [4.78, 5) is 2.40. The van der Waals surface area contributed by atoms with Gasteiger partial charge in [0.15, 0.2) is 5.60 Å². The van der Waals surface area contributed by atoms with Crippen LogP contribution in [0.15, 0.2) is 127 Å². The van der Waals surface area contributed by atoms with Crippen molar-refractivity contribution < 1.29 is 18.9 Å². The molecule has 0 spiro atoms. The minimum absolute atomic E-state index is 0.153. The quantitative estimate of drug-likeness (QED) is 0.159. The van der Waals surface area contributed by atoms with Gasteiger partial charge in [0.25, 0.3) is 0 Å². The molecule has 9 rings (SSSR count). The largest absolute Gasteiger partial charge is 0.495 e. The second kappa shape index (κ2) is 12.9. The van der Waals surface area contributed by atoms with Crippen molar-refractivity contribution in [2.24, 2.45) is 0 Å². The van der Waals surface area contributed by atoms with Crippen molar-refractivity contribution in [2.75, 3.05) is 38.3 Å². The molecule has 0 N–H and O–H groups in total. The molecule has 3 aliphatic rings. The second-order valence-corrected chi connectivity index (χ2v) is 14.0. The molecular formula is C47H43NO4. The minimum atomic E-state index is -0.886. The van der Waals surface area contributed by atoms with Crippen molar-refractivity contribution in [1.82, 2.24) is 0 Å². The number of para-hydroxylation sites is 1. The Kier molecular flexibility index (Phi) is 8.04. The molecule has 1 aliphatic carbocycles. The van der Waals surface area contributed by atoms with Gasteiger partial charge >= 0.3 is 0 Å². The Morgan fingerprint density at radius 3 is 2.08 bits per heavy atom. The zero-order valence-electron chi connectivity index (χ0n) is 30.0. The van der Waals surface area contributed by atoms with E-state index in [2.05, 4.69) is 110 Å². The van der Waals surface area contributed by atoms with Crippen molar-refractivity contribution in [1.29, 1.82) is 0 Å². The Bertz CT molecular complexity index is 2290. The van der Waals surface area contributed by atoms with E-state index >= 15 is 0 Å². The van der Waals surface area contributed by atoms with Gasteiger partial charge in [-0.3, -0.25) is 0 Å². The Hall–Kier alpha value is -5.52. The molecule has 6 aromatic carbocycles. The van der Waals surface area contributed by atoms with Gasteiger partial charge in [-0.05, 0) is 83.0 Å². The van der Waals surface area contributed by atoms with Crippen LogP contribution in [0.4, 0.5) is 5.69 Å². The molecule has 1 saturated heterocycles. The summed E-state index contributed by atoms with van der Waals surface area (Å²) in [5.74, 6) is 3.30. The lowest BCUT2D eigenvalue weighted by molar-refractivity contribution is 0.122. The normalized spacial score (nSPS) is 18.3. The number of hydrogen-bond donors (Lipinski definition) is 0. The molecule has 0 bridgehead atoms. The molecule has 6 aromatic rings. The van der Waals surface area contributed by atoms with Crippen LogP contribution < -0.4 is 19.1 Å². The van der Waals surface area contributed by atoms with Crippen molar-refractivity contribution in [3.63, 3.8) is 0 Å². The van der Waals surface area contributed by atoms with Gasteiger partial charge < -0.3 is 23.8 Å². The summed E-state index contributed by atoms with van der Waals surface area (Å²) >= 11 is 0. The number of rotatable bonds is 8. The maximum Gasteiger partial charge on any atom is 0.178 e. The second-order valence-electron chi connectivity index (χ2n) is 14.0. The van der Waals surface area contributed by atoms with Crippen LogP contribution in [0.2, 0.25) is 0 Å². The van der Waals surface area contributed by atoms with Crippen LogP contribution in [0.25, 0.3) is 28.0 Å². The summed E-state index contributed by atoms with van der Waals surface area (Å²) in [5.41, 5.74) is 8.68. The Labute approximate surface area is 306 Å². The molecule has 5 heteroatoms. The molecule has 0 radical (unpaired) electrons. The molecule has 0 amide bonds. The van der Waals surface area contributed by atoms with Gasteiger partial charge in [-0.1, -0.05) is 105 Å². The minimum Gasteiger partial charge on any atom is -0.495 e. The highest BCUT2D eigenvalue weighted by Crippen LogP contribution is 2.61. The van der Waals surface area contributed by atoms with E-state index < -0.39 is 5.60 Å². The fourth-order valence-corrected chi connectivity index (χ4v) is 8.94. The summed E-state index contributed by atoms with van der Waals surface area (Å²) in [7, 11) is 1.77. The van der Waals surface area contributed by atoms with Crippen molar-refractivity contribution in [2.45, 2.75) is 37.7 Å². The molecule has 1 atom stereocenters. The highest BCUT2D eigenvalue weighted by atomic mass is 16.5. The number of hydrogen-bond acceptors (Lipinski definition) is 5. The first-order chi connectivity index (χ1) is 25.6. The molecule has 1 unspecified atom stereocenters. The van der Waals surface area contributed by atoms with E-state index in [4.69, 9.17) is 18.9 Å². The maximum absolute atomic E-state index is 7.64. The van der Waals surface area contributed by atoms with Gasteiger partial charge in [0.1, 0.15) is 23.0 Å². The lowest BCUT2D eigenvalue weighted by Crippen LogP contribution is -2.36. The van der Waals surface area contributed by atoms with Crippen molar-refractivity contribution >= 4 is 22.5 Å². The fourth-order valence-electron chi connectivity index (χ4n) is 8.94. The van der Waals surface area contributed by atoms with Gasteiger partial charge in [-0.15, -0.1) is 0 Å². The maximum atomic E-state index is 7.64. The zero-order chi connectivity index (χ0) is 35.3. The third-order valence-corrected chi connectivity index (χ3v) is 11.6. The summed E-state index contributed by atoms with van der Waals surface area (Å²) in [6, 6.07) is 42.4. The van der Waals surface area contributed by atoms with E-state index in [1.807, 2.05) is 42.5 Å². The molecule has 52 heavy (non-hydrogen) atoms. The third-order valence-electron chi connectivity index (χ3n) is 11.6. The van der Waals surface area contributed by atoms with E-state index in [-0.39, 0.29) is 5.41 Å². The number of ether oxygens (including phenoxy) is 4. The molecule has 1 fully saturated rings. The Morgan fingerprint density at radius 2 is 1.37 bits per heavy atom. The van der Waals surface area contributed by atoms with Crippen LogP contribution in [-0.4, -0.2) is 33.4 Å². The summed E-state index contributed by atoms with van der Waals surface area (Å²) in [5, 5.41) is 2.24. The molecule has 2 heterocycles. The summed E-state index contributed by atoms with van der Waals surface area (Å²) in [6.45, 7) is 7.70. The first-order valence-corrected chi connectivity index (χ1v) is 18.5. The first kappa shape index (κ1) is 32.4. The molecule has 0 saturated carbocycles. The van der Waals surface area contributed by atoms with Crippen LogP contribution in [-0.2, 0) is 15.8 Å². The topological polar surface area (TPSA) is 40.2 Å². The third kappa shape index (κ3) is 4.94. The van der Waals surface area contributed by atoms with Gasteiger partial charge in [-0.25, -0.2) is 0 Å². The van der Waals surface area contributed by atoms with E-state index in [9.17, 15) is 0 Å². The van der Waals surface area contributed by atoms with Crippen LogP contribution in [0.3, 0.4) is 0 Å². The van der Waals surface area contributed by atoms with E-state index in [0.717, 1.165) is 76.7 Å². The number of anilines is 1. The molecule has 260 valence electrons. The Morgan fingerprint density at radius 1 is 0.712 bits per heavy atom. The van der Waals surface area contributed by atoms with Crippen LogP contribution in [0.5, 0.6) is 23.0 Å². The number of morpholine rings is 1. The smallest absolute Gasteiger partial charge is 0.178 e. The summed E-state index contributed by atoms with van der Waals surface area (Å²) in [6.07, 6.45) is 6.58. The van der Waals surface area contributed by atoms with Crippen LogP contribution >= 0.6 is 0 Å². The van der Waals surface area contributed by atoms with Gasteiger partial charge in [0.05, 0.1) is 26.0 Å². The van der Waals surface area contributed by atoms with E-state index in [1.165, 1.54) is 27.6 Å².